The Morgan fingerprint density at radius 2 is 2.00 bits per heavy atom. The van der Waals surface area contributed by atoms with Crippen molar-refractivity contribution in [1.29, 1.82) is 0 Å². The third-order valence-corrected chi connectivity index (χ3v) is 1.95. The van der Waals surface area contributed by atoms with Gasteiger partial charge in [0.2, 0.25) is 0 Å². The van der Waals surface area contributed by atoms with Gasteiger partial charge in [-0.25, -0.2) is 4.79 Å². The highest BCUT2D eigenvalue weighted by Gasteiger charge is 2.18. The van der Waals surface area contributed by atoms with Crippen LogP contribution >= 0.6 is 0 Å². The molecule has 1 aromatic rings. The summed E-state index contributed by atoms with van der Waals surface area (Å²) in [4.78, 5) is 10.8. The molecule has 1 aromatic heterocycles. The summed E-state index contributed by atoms with van der Waals surface area (Å²) in [5.41, 5.74) is 1.13. The van der Waals surface area contributed by atoms with E-state index in [1.165, 1.54) is 0 Å². The summed E-state index contributed by atoms with van der Waals surface area (Å²) in [6, 6.07) is 0. The Hall–Kier alpha value is -1.25. The van der Waals surface area contributed by atoms with Crippen molar-refractivity contribution >= 4 is 5.97 Å². The van der Waals surface area contributed by atoms with Gasteiger partial charge in [0.05, 0.1) is 0 Å². The van der Waals surface area contributed by atoms with Crippen molar-refractivity contribution in [3.63, 3.8) is 0 Å². The molecule has 0 saturated heterocycles. The highest BCUT2D eigenvalue weighted by molar-refractivity contribution is 5.90. The van der Waals surface area contributed by atoms with Crippen molar-refractivity contribution < 1.29 is 14.3 Å². The van der Waals surface area contributed by atoms with Crippen LogP contribution in [0.15, 0.2) is 4.42 Å². The van der Waals surface area contributed by atoms with Crippen molar-refractivity contribution in [3.8, 4) is 0 Å². The van der Waals surface area contributed by atoms with Crippen LogP contribution in [0.1, 0.15) is 34.4 Å². The van der Waals surface area contributed by atoms with Gasteiger partial charge in [-0.3, -0.25) is 0 Å². The van der Waals surface area contributed by atoms with Crippen molar-refractivity contribution in [1.82, 2.24) is 0 Å². The molecule has 1 heterocycles. The minimum Gasteiger partial charge on any atom is -0.478 e. The van der Waals surface area contributed by atoms with Gasteiger partial charge in [0, 0.05) is 5.56 Å². The molecule has 0 aliphatic rings. The van der Waals surface area contributed by atoms with E-state index in [4.69, 9.17) is 9.52 Å². The van der Waals surface area contributed by atoms with Gasteiger partial charge in [0.25, 0.3) is 0 Å². The normalized spacial score (nSPS) is 10.2. The van der Waals surface area contributed by atoms with Gasteiger partial charge in [-0.15, -0.1) is 0 Å². The molecule has 3 heteroatoms. The zero-order chi connectivity index (χ0) is 9.30. The molecule has 0 aliphatic heterocycles. The predicted octanol–water partition coefficient (Wildman–Crippen LogP) is 2.16. The number of furan rings is 1. The van der Waals surface area contributed by atoms with Crippen molar-refractivity contribution in [2.45, 2.75) is 27.2 Å². The number of rotatable bonds is 2. The summed E-state index contributed by atoms with van der Waals surface area (Å²) < 4.78 is 5.22. The van der Waals surface area contributed by atoms with Crippen molar-refractivity contribution in [3.05, 3.63) is 22.6 Å². The van der Waals surface area contributed by atoms with Gasteiger partial charge in [0.1, 0.15) is 17.1 Å². The molecule has 0 fully saturated rings. The van der Waals surface area contributed by atoms with E-state index in [9.17, 15) is 4.79 Å². The van der Waals surface area contributed by atoms with E-state index in [0.717, 1.165) is 5.56 Å². The maximum absolute atomic E-state index is 10.8. The first kappa shape index (κ1) is 8.84. The van der Waals surface area contributed by atoms with Gasteiger partial charge in [-0.2, -0.15) is 0 Å². The predicted molar refractivity (Wildman–Crippen MR) is 44.5 cm³/mol. The van der Waals surface area contributed by atoms with Crippen LogP contribution in [0, 0.1) is 13.8 Å². The van der Waals surface area contributed by atoms with Crippen LogP contribution in [0.25, 0.3) is 0 Å². The number of carbonyl (C=O) groups is 1. The Morgan fingerprint density at radius 3 is 2.33 bits per heavy atom. The number of aromatic carboxylic acids is 1. The smallest absolute Gasteiger partial charge is 0.339 e. The third-order valence-electron chi connectivity index (χ3n) is 1.95. The second kappa shape index (κ2) is 3.01. The number of aryl methyl sites for hydroxylation is 2. The second-order valence-corrected chi connectivity index (χ2v) is 2.73. The molecule has 0 saturated carbocycles. The molecule has 3 nitrogen and oxygen atoms in total. The first-order chi connectivity index (χ1) is 5.57. The van der Waals surface area contributed by atoms with Gasteiger partial charge >= 0.3 is 5.97 Å². The van der Waals surface area contributed by atoms with Crippen LogP contribution in [0.4, 0.5) is 0 Å². The van der Waals surface area contributed by atoms with Gasteiger partial charge in [0.15, 0.2) is 0 Å². The van der Waals surface area contributed by atoms with E-state index in [1.807, 2.05) is 6.92 Å². The van der Waals surface area contributed by atoms with Crippen LogP contribution in [-0.4, -0.2) is 11.1 Å². The summed E-state index contributed by atoms with van der Waals surface area (Å²) in [7, 11) is 0. The van der Waals surface area contributed by atoms with Gasteiger partial charge in [-0.05, 0) is 20.3 Å². The van der Waals surface area contributed by atoms with E-state index >= 15 is 0 Å². The summed E-state index contributed by atoms with van der Waals surface area (Å²) in [6.45, 7) is 5.39. The number of hydrogen-bond donors (Lipinski definition) is 1. The van der Waals surface area contributed by atoms with E-state index in [0.29, 0.717) is 23.5 Å². The van der Waals surface area contributed by atoms with Crippen LogP contribution < -0.4 is 0 Å². The highest BCUT2D eigenvalue weighted by Crippen LogP contribution is 2.21. The molecule has 1 N–H and O–H groups in total. The largest absolute Gasteiger partial charge is 0.478 e. The Morgan fingerprint density at radius 1 is 1.42 bits per heavy atom. The number of carboxylic acids is 1. The fraction of sp³-hybridized carbons (Fsp3) is 0.444. The second-order valence-electron chi connectivity index (χ2n) is 2.73. The average Bonchev–Trinajstić information content (AvgIpc) is 2.24. The third kappa shape index (κ3) is 1.22. The molecule has 0 aliphatic carbocycles. The van der Waals surface area contributed by atoms with E-state index in [1.54, 1.807) is 13.8 Å². The summed E-state index contributed by atoms with van der Waals surface area (Å²) in [5.74, 6) is 0.311. The van der Waals surface area contributed by atoms with Crippen molar-refractivity contribution in [2.75, 3.05) is 0 Å². The van der Waals surface area contributed by atoms with Gasteiger partial charge in [-0.1, -0.05) is 6.92 Å². The monoisotopic (exact) mass is 168 g/mol. The Balaban J connectivity index is 3.32. The zero-order valence-corrected chi connectivity index (χ0v) is 7.47. The fourth-order valence-electron chi connectivity index (χ4n) is 1.44. The first-order valence-electron chi connectivity index (χ1n) is 3.90. The first-order valence-corrected chi connectivity index (χ1v) is 3.90. The van der Waals surface area contributed by atoms with Crippen LogP contribution in [0.5, 0.6) is 0 Å². The summed E-state index contributed by atoms with van der Waals surface area (Å²) in [6.07, 6.45) is 0.699. The summed E-state index contributed by atoms with van der Waals surface area (Å²) >= 11 is 0. The quantitative estimate of drug-likeness (QED) is 0.736. The van der Waals surface area contributed by atoms with Crippen molar-refractivity contribution in [2.24, 2.45) is 0 Å². The van der Waals surface area contributed by atoms with Crippen LogP contribution in [-0.2, 0) is 6.42 Å². The lowest BCUT2D eigenvalue weighted by atomic mass is 10.1. The molecule has 66 valence electrons. The topological polar surface area (TPSA) is 50.4 Å². The van der Waals surface area contributed by atoms with Crippen LogP contribution in [0.2, 0.25) is 0 Å². The molecule has 0 aromatic carbocycles. The highest BCUT2D eigenvalue weighted by atomic mass is 16.4. The molecule has 0 spiro atoms. The molecule has 0 bridgehead atoms. The molecular formula is C9H12O3. The lowest BCUT2D eigenvalue weighted by molar-refractivity contribution is 0.0694. The average molecular weight is 168 g/mol. The molecule has 12 heavy (non-hydrogen) atoms. The number of hydrogen-bond acceptors (Lipinski definition) is 2. The summed E-state index contributed by atoms with van der Waals surface area (Å²) in [5, 5.41) is 8.83. The molecule has 0 radical (unpaired) electrons. The Bertz CT molecular complexity index is 310. The molecule has 0 amide bonds. The fourth-order valence-corrected chi connectivity index (χ4v) is 1.44. The lowest BCUT2D eigenvalue weighted by Crippen LogP contribution is -2.00. The van der Waals surface area contributed by atoms with E-state index < -0.39 is 5.97 Å². The molecular weight excluding hydrogens is 156 g/mol. The molecule has 1 rings (SSSR count). The minimum atomic E-state index is -0.902. The molecule has 0 unspecified atom stereocenters. The maximum atomic E-state index is 10.8. The Kier molecular flexibility index (Phi) is 2.22. The number of carboxylic acid groups (broad SMARTS) is 1. The van der Waals surface area contributed by atoms with E-state index in [-0.39, 0.29) is 0 Å². The SMILES string of the molecule is CCc1c(C)oc(C)c1C(=O)O. The zero-order valence-electron chi connectivity index (χ0n) is 7.47. The minimum absolute atomic E-state index is 0.329. The van der Waals surface area contributed by atoms with Crippen LogP contribution in [0.3, 0.4) is 0 Å². The standard InChI is InChI=1S/C9H12O3/c1-4-7-5(2)12-6(3)8(7)9(10)11/h4H2,1-3H3,(H,10,11). The van der Waals surface area contributed by atoms with E-state index in [2.05, 4.69) is 0 Å². The molecule has 0 atom stereocenters. The Labute approximate surface area is 71.0 Å². The lowest BCUT2D eigenvalue weighted by Gasteiger charge is -1.94. The van der Waals surface area contributed by atoms with Gasteiger partial charge < -0.3 is 9.52 Å². The maximum Gasteiger partial charge on any atom is 0.339 e.